The summed E-state index contributed by atoms with van der Waals surface area (Å²) in [6.07, 6.45) is 0. The van der Waals surface area contributed by atoms with Crippen molar-refractivity contribution in [2.24, 2.45) is 0 Å². The van der Waals surface area contributed by atoms with Gasteiger partial charge in [-0.2, -0.15) is 21.1 Å². The van der Waals surface area contributed by atoms with Crippen LogP contribution in [0.4, 0.5) is 0 Å². The van der Waals surface area contributed by atoms with E-state index in [0.717, 1.165) is 17.1 Å². The minimum Gasteiger partial charge on any atom is -0.493 e. The Balaban J connectivity index is 1.93. The fourth-order valence-corrected chi connectivity index (χ4v) is 6.40. The molecule has 2 saturated heterocycles. The maximum Gasteiger partial charge on any atom is 0.221 e. The molecule has 0 aliphatic carbocycles. The molecule has 2 fully saturated rings. The van der Waals surface area contributed by atoms with Crippen LogP contribution in [0.25, 0.3) is 0 Å². The summed E-state index contributed by atoms with van der Waals surface area (Å²) < 4.78 is 38.5. The maximum atomic E-state index is 13.1. The van der Waals surface area contributed by atoms with E-state index in [4.69, 9.17) is 14.3 Å². The van der Waals surface area contributed by atoms with Gasteiger partial charge in [0, 0.05) is 31.6 Å². The van der Waals surface area contributed by atoms with E-state index in [-0.39, 0.29) is 12.6 Å². The molecule has 0 aromatic heterocycles. The number of thioether (sulfide) groups is 1. The highest BCUT2D eigenvalue weighted by Crippen LogP contribution is 2.38. The minimum absolute atomic E-state index is 0.154. The van der Waals surface area contributed by atoms with Crippen LogP contribution in [0.3, 0.4) is 0 Å². The van der Waals surface area contributed by atoms with E-state index < -0.39 is 15.3 Å². The molecule has 0 spiro atoms. The van der Waals surface area contributed by atoms with Crippen LogP contribution in [0, 0.1) is 0 Å². The van der Waals surface area contributed by atoms with Crippen molar-refractivity contribution in [2.75, 3.05) is 52.5 Å². The zero-order valence-electron chi connectivity index (χ0n) is 14.7. The summed E-state index contributed by atoms with van der Waals surface area (Å²) in [6.45, 7) is 1.28. The molecule has 2 aliphatic rings. The van der Waals surface area contributed by atoms with E-state index in [1.165, 1.54) is 0 Å². The monoisotopic (exact) mass is 388 g/mol. The van der Waals surface area contributed by atoms with Gasteiger partial charge in [0.1, 0.15) is 5.25 Å². The zero-order valence-corrected chi connectivity index (χ0v) is 16.3. The van der Waals surface area contributed by atoms with Crippen LogP contribution < -0.4 is 9.47 Å². The van der Waals surface area contributed by atoms with Crippen molar-refractivity contribution in [3.8, 4) is 11.5 Å². The number of sulfonamides is 1. The number of ether oxygens (including phenoxy) is 2. The van der Waals surface area contributed by atoms with E-state index >= 15 is 0 Å². The quantitative estimate of drug-likeness (QED) is 0.755. The van der Waals surface area contributed by atoms with Crippen LogP contribution in [-0.4, -0.2) is 75.5 Å². The molecule has 1 aromatic rings. The standard InChI is InChI=1S/C16H24N2O5S2/c1-17-16(12-4-5-13(21-2)14(10-12)22-3)15(11-23-17)25(19,20)18-6-8-24-9-7-18/h4-5,10,15-16H,6-9,11H2,1-3H3/t15-,16+/m0/s1. The van der Waals surface area contributed by atoms with Gasteiger partial charge in [-0.3, -0.25) is 4.84 Å². The Morgan fingerprint density at radius 3 is 2.48 bits per heavy atom. The lowest BCUT2D eigenvalue weighted by Gasteiger charge is -2.31. The SMILES string of the molecule is COc1ccc([C@@H]2[C@@H](S(=O)(=O)N3CCSCC3)CON2C)cc1OC. The lowest BCUT2D eigenvalue weighted by atomic mass is 10.0. The van der Waals surface area contributed by atoms with Crippen molar-refractivity contribution in [3.05, 3.63) is 23.8 Å². The van der Waals surface area contributed by atoms with E-state index in [1.54, 1.807) is 48.5 Å². The van der Waals surface area contributed by atoms with Crippen molar-refractivity contribution < 1.29 is 22.7 Å². The molecule has 2 heterocycles. The van der Waals surface area contributed by atoms with Gasteiger partial charge in [0.15, 0.2) is 11.5 Å². The summed E-state index contributed by atoms with van der Waals surface area (Å²) in [7, 11) is 1.46. The number of nitrogens with zero attached hydrogens (tertiary/aromatic N) is 2. The normalized spacial score (nSPS) is 25.9. The fourth-order valence-electron chi connectivity index (χ4n) is 3.30. The first-order valence-electron chi connectivity index (χ1n) is 8.13. The first kappa shape index (κ1) is 18.8. The molecule has 0 radical (unpaired) electrons. The highest BCUT2D eigenvalue weighted by atomic mass is 32.2. The summed E-state index contributed by atoms with van der Waals surface area (Å²) in [5.74, 6) is 2.86. The van der Waals surface area contributed by atoms with E-state index in [9.17, 15) is 8.42 Å². The molecule has 3 rings (SSSR count). The summed E-state index contributed by atoms with van der Waals surface area (Å²) in [5, 5.41) is 0.987. The van der Waals surface area contributed by atoms with Crippen LogP contribution in [0.2, 0.25) is 0 Å². The molecule has 1 aromatic carbocycles. The summed E-state index contributed by atoms with van der Waals surface area (Å²) >= 11 is 1.79. The topological polar surface area (TPSA) is 68.3 Å². The lowest BCUT2D eigenvalue weighted by Crippen LogP contribution is -2.45. The van der Waals surface area contributed by atoms with Gasteiger partial charge in [0.25, 0.3) is 0 Å². The van der Waals surface area contributed by atoms with Gasteiger partial charge in [-0.1, -0.05) is 6.07 Å². The van der Waals surface area contributed by atoms with E-state index in [1.807, 2.05) is 12.1 Å². The zero-order chi connectivity index (χ0) is 18.0. The molecular weight excluding hydrogens is 364 g/mol. The molecule has 2 aliphatic heterocycles. The van der Waals surface area contributed by atoms with Crippen LogP contribution >= 0.6 is 11.8 Å². The van der Waals surface area contributed by atoms with Gasteiger partial charge < -0.3 is 9.47 Å². The average Bonchev–Trinajstić information content (AvgIpc) is 3.04. The number of benzene rings is 1. The Hall–Kier alpha value is -1.00. The molecule has 140 valence electrons. The van der Waals surface area contributed by atoms with Crippen LogP contribution in [-0.2, 0) is 14.9 Å². The second kappa shape index (κ2) is 7.71. The van der Waals surface area contributed by atoms with E-state index in [2.05, 4.69) is 0 Å². The Bertz CT molecular complexity index is 706. The van der Waals surface area contributed by atoms with Crippen molar-refractivity contribution in [1.29, 1.82) is 0 Å². The second-order valence-electron chi connectivity index (χ2n) is 6.00. The number of hydroxylamine groups is 2. The largest absolute Gasteiger partial charge is 0.493 e. The number of hydrogen-bond acceptors (Lipinski definition) is 7. The molecule has 0 unspecified atom stereocenters. The molecule has 9 heteroatoms. The lowest BCUT2D eigenvalue weighted by molar-refractivity contribution is -0.110. The second-order valence-corrected chi connectivity index (χ2v) is 9.37. The van der Waals surface area contributed by atoms with Gasteiger partial charge >= 0.3 is 0 Å². The predicted molar refractivity (Wildman–Crippen MR) is 97.6 cm³/mol. The first-order chi connectivity index (χ1) is 12.0. The summed E-state index contributed by atoms with van der Waals surface area (Å²) in [6, 6.07) is 5.09. The molecule has 25 heavy (non-hydrogen) atoms. The Labute approximate surface area is 153 Å². The molecular formula is C16H24N2O5S2. The Morgan fingerprint density at radius 2 is 1.84 bits per heavy atom. The molecule has 7 nitrogen and oxygen atoms in total. The highest BCUT2D eigenvalue weighted by molar-refractivity contribution is 7.99. The van der Waals surface area contributed by atoms with Crippen LogP contribution in [0.1, 0.15) is 11.6 Å². The molecule has 0 N–H and O–H groups in total. The van der Waals surface area contributed by atoms with Crippen molar-refractivity contribution in [2.45, 2.75) is 11.3 Å². The maximum absolute atomic E-state index is 13.1. The van der Waals surface area contributed by atoms with Gasteiger partial charge in [-0.15, -0.1) is 0 Å². The third-order valence-corrected chi connectivity index (χ3v) is 7.83. The van der Waals surface area contributed by atoms with Crippen LogP contribution in [0.15, 0.2) is 18.2 Å². The molecule has 2 atom stereocenters. The predicted octanol–water partition coefficient (Wildman–Crippen LogP) is 1.37. The van der Waals surface area contributed by atoms with Gasteiger partial charge in [-0.05, 0) is 17.7 Å². The van der Waals surface area contributed by atoms with Crippen molar-refractivity contribution in [1.82, 2.24) is 9.37 Å². The number of rotatable bonds is 5. The fraction of sp³-hybridized carbons (Fsp3) is 0.625. The van der Waals surface area contributed by atoms with Gasteiger partial charge in [0.2, 0.25) is 10.0 Å². The molecule has 0 amide bonds. The van der Waals surface area contributed by atoms with Crippen LogP contribution in [0.5, 0.6) is 11.5 Å². The highest BCUT2D eigenvalue weighted by Gasteiger charge is 2.46. The number of hydrogen-bond donors (Lipinski definition) is 0. The smallest absolute Gasteiger partial charge is 0.221 e. The van der Waals surface area contributed by atoms with Crippen molar-refractivity contribution in [3.63, 3.8) is 0 Å². The Morgan fingerprint density at radius 1 is 1.16 bits per heavy atom. The van der Waals surface area contributed by atoms with Gasteiger partial charge in [-0.25, -0.2) is 8.42 Å². The average molecular weight is 389 g/mol. The third-order valence-electron chi connectivity index (χ3n) is 4.65. The summed E-state index contributed by atoms with van der Waals surface area (Å²) in [5.41, 5.74) is 0.831. The summed E-state index contributed by atoms with van der Waals surface area (Å²) in [4.78, 5) is 5.59. The first-order valence-corrected chi connectivity index (χ1v) is 10.8. The third kappa shape index (κ3) is 3.61. The van der Waals surface area contributed by atoms with Gasteiger partial charge in [0.05, 0.1) is 26.9 Å². The number of methoxy groups -OCH3 is 2. The van der Waals surface area contributed by atoms with E-state index in [0.29, 0.717) is 24.6 Å². The Kier molecular flexibility index (Phi) is 5.79. The minimum atomic E-state index is -3.45. The molecule has 0 saturated carbocycles. The van der Waals surface area contributed by atoms with Crippen molar-refractivity contribution >= 4 is 21.8 Å². The molecule has 0 bridgehead atoms.